The van der Waals surface area contributed by atoms with Crippen molar-refractivity contribution in [2.45, 2.75) is 26.2 Å². The maximum absolute atomic E-state index is 12.3. The molecule has 1 aromatic heterocycles. The van der Waals surface area contributed by atoms with Gasteiger partial charge in [-0.3, -0.25) is 4.79 Å². The van der Waals surface area contributed by atoms with E-state index >= 15 is 0 Å². The van der Waals surface area contributed by atoms with Crippen LogP contribution in [0.1, 0.15) is 39.0 Å². The highest BCUT2D eigenvalue weighted by Gasteiger charge is 2.18. The van der Waals surface area contributed by atoms with Gasteiger partial charge in [-0.05, 0) is 56.0 Å². The van der Waals surface area contributed by atoms with Crippen molar-refractivity contribution in [3.05, 3.63) is 45.1 Å². The summed E-state index contributed by atoms with van der Waals surface area (Å²) in [7, 11) is 1.45. The summed E-state index contributed by atoms with van der Waals surface area (Å²) in [4.78, 5) is 24.8. The zero-order valence-electron chi connectivity index (χ0n) is 15.0. The van der Waals surface area contributed by atoms with Gasteiger partial charge in [-0.2, -0.15) is 5.10 Å². The lowest BCUT2D eigenvalue weighted by Crippen LogP contribution is -2.29. The average molecular weight is 387 g/mol. The lowest BCUT2D eigenvalue weighted by atomic mass is 10.1. The minimum atomic E-state index is -1.32. The Kier molecular flexibility index (Phi) is 5.75. The highest BCUT2D eigenvalue weighted by atomic mass is 32.1. The van der Waals surface area contributed by atoms with E-state index in [0.29, 0.717) is 21.9 Å². The summed E-state index contributed by atoms with van der Waals surface area (Å²) in [5.41, 5.74) is 5.14. The number of methoxy groups -OCH3 is 1. The second kappa shape index (κ2) is 8.22. The fraction of sp³-hybridized carbons (Fsp3) is 0.316. The molecule has 0 aliphatic heterocycles. The molecule has 1 aliphatic carbocycles. The number of carbonyl (C=O) groups is 2. The Bertz CT molecular complexity index is 882. The predicted octanol–water partition coefficient (Wildman–Crippen LogP) is 1.53. The van der Waals surface area contributed by atoms with E-state index < -0.39 is 12.6 Å². The zero-order chi connectivity index (χ0) is 19.4. The Balaban J connectivity index is 1.69. The lowest BCUT2D eigenvalue weighted by Gasteiger charge is -2.12. The van der Waals surface area contributed by atoms with Crippen LogP contribution in [-0.4, -0.2) is 31.3 Å². The molecule has 0 unspecified atom stereocenters. The second-order valence-electron chi connectivity index (χ2n) is 6.08. The molecule has 0 atom stereocenters. The van der Waals surface area contributed by atoms with Crippen molar-refractivity contribution in [1.82, 2.24) is 5.43 Å². The van der Waals surface area contributed by atoms with Crippen LogP contribution < -0.4 is 20.0 Å². The Morgan fingerprint density at radius 1 is 1.26 bits per heavy atom. The van der Waals surface area contributed by atoms with Crippen molar-refractivity contribution >= 4 is 28.9 Å². The Hall–Kier alpha value is -2.87. The molecule has 1 amide bonds. The number of aliphatic carboxylic acids is 1. The van der Waals surface area contributed by atoms with Crippen molar-refractivity contribution in [3.63, 3.8) is 0 Å². The van der Waals surface area contributed by atoms with Gasteiger partial charge in [0, 0.05) is 10.4 Å². The van der Waals surface area contributed by atoms with Crippen molar-refractivity contribution in [1.29, 1.82) is 0 Å². The number of aryl methyl sites for hydroxylation is 2. The van der Waals surface area contributed by atoms with Crippen LogP contribution in [0.5, 0.6) is 11.5 Å². The van der Waals surface area contributed by atoms with Gasteiger partial charge in [0.25, 0.3) is 5.91 Å². The monoisotopic (exact) mass is 387 g/mol. The number of carbonyl (C=O) groups excluding carboxylic acids is 2. The minimum Gasteiger partial charge on any atom is -0.546 e. The molecule has 142 valence electrons. The number of hydrogen-bond donors (Lipinski definition) is 1. The van der Waals surface area contributed by atoms with Gasteiger partial charge >= 0.3 is 0 Å². The van der Waals surface area contributed by atoms with Gasteiger partial charge in [-0.1, -0.05) is 0 Å². The summed E-state index contributed by atoms with van der Waals surface area (Å²) in [5, 5.41) is 14.7. The van der Waals surface area contributed by atoms with E-state index in [2.05, 4.69) is 10.5 Å². The molecule has 0 fully saturated rings. The summed E-state index contributed by atoms with van der Waals surface area (Å²) < 4.78 is 10.3. The van der Waals surface area contributed by atoms with Crippen molar-refractivity contribution < 1.29 is 24.2 Å². The van der Waals surface area contributed by atoms with E-state index in [0.717, 1.165) is 19.3 Å². The summed E-state index contributed by atoms with van der Waals surface area (Å²) >= 11 is 1.52. The number of nitrogens with one attached hydrogen (secondary N) is 1. The number of ether oxygens (including phenoxy) is 2. The van der Waals surface area contributed by atoms with E-state index in [9.17, 15) is 14.7 Å². The van der Waals surface area contributed by atoms with E-state index in [1.807, 2.05) is 6.07 Å². The fourth-order valence-electron chi connectivity index (χ4n) is 2.84. The Labute approximate surface area is 160 Å². The molecule has 1 heterocycles. The van der Waals surface area contributed by atoms with Gasteiger partial charge in [0.2, 0.25) is 0 Å². The van der Waals surface area contributed by atoms with E-state index in [4.69, 9.17) is 9.47 Å². The van der Waals surface area contributed by atoms with Gasteiger partial charge < -0.3 is 19.4 Å². The number of benzene rings is 1. The molecule has 0 spiro atoms. The normalized spacial score (nSPS) is 13.2. The van der Waals surface area contributed by atoms with Crippen LogP contribution in [0.4, 0.5) is 0 Å². The van der Waals surface area contributed by atoms with Crippen molar-refractivity contribution in [2.24, 2.45) is 5.10 Å². The molecular formula is C19H19N2O5S-. The number of carboxylic acids is 1. The Morgan fingerprint density at radius 3 is 2.78 bits per heavy atom. The predicted molar refractivity (Wildman–Crippen MR) is 99.5 cm³/mol. The summed E-state index contributed by atoms with van der Waals surface area (Å²) in [6.45, 7) is 1.19. The number of fused-ring (bicyclic) bond motifs is 1. The first-order chi connectivity index (χ1) is 13.0. The number of amides is 1. The molecule has 0 bridgehead atoms. The largest absolute Gasteiger partial charge is 0.546 e. The highest BCUT2D eigenvalue weighted by molar-refractivity contribution is 7.14. The van der Waals surface area contributed by atoms with Gasteiger partial charge in [0.1, 0.15) is 6.61 Å². The third-order valence-electron chi connectivity index (χ3n) is 4.22. The quantitative estimate of drug-likeness (QED) is 0.574. The summed E-state index contributed by atoms with van der Waals surface area (Å²) in [5.74, 6) is -0.893. The molecule has 3 rings (SSSR count). The molecule has 1 aliphatic rings. The van der Waals surface area contributed by atoms with Gasteiger partial charge in [0.15, 0.2) is 11.5 Å². The van der Waals surface area contributed by atoms with Crippen molar-refractivity contribution in [2.75, 3.05) is 13.7 Å². The molecule has 2 aromatic rings. The number of hydrazone groups is 1. The van der Waals surface area contributed by atoms with E-state index in [1.54, 1.807) is 25.1 Å². The third-order valence-corrected chi connectivity index (χ3v) is 5.46. The molecule has 1 aromatic carbocycles. The maximum Gasteiger partial charge on any atom is 0.281 e. The topological polar surface area (TPSA) is 100 Å². The molecule has 0 radical (unpaired) electrons. The van der Waals surface area contributed by atoms with Crippen LogP contribution in [0.25, 0.3) is 0 Å². The summed E-state index contributed by atoms with van der Waals surface area (Å²) in [6, 6.07) is 6.90. The first-order valence-electron chi connectivity index (χ1n) is 8.45. The number of hydrogen-bond acceptors (Lipinski definition) is 7. The van der Waals surface area contributed by atoms with Crippen LogP contribution in [0.15, 0.2) is 29.4 Å². The Morgan fingerprint density at radius 2 is 2.07 bits per heavy atom. The first kappa shape index (κ1) is 18.9. The van der Waals surface area contributed by atoms with Crippen LogP contribution >= 0.6 is 11.3 Å². The molecule has 1 N–H and O–H groups in total. The molecule has 0 saturated heterocycles. The van der Waals surface area contributed by atoms with Crippen LogP contribution in [0.2, 0.25) is 0 Å². The van der Waals surface area contributed by atoms with Crippen molar-refractivity contribution in [3.8, 4) is 11.5 Å². The van der Waals surface area contributed by atoms with Gasteiger partial charge in [-0.15, -0.1) is 11.3 Å². The number of carboxylic acid groups (broad SMARTS) is 1. The number of nitrogens with zero attached hydrogens (tertiary/aromatic N) is 1. The fourth-order valence-corrected chi connectivity index (χ4v) is 3.99. The van der Waals surface area contributed by atoms with E-state index in [-0.39, 0.29) is 11.7 Å². The molecular weight excluding hydrogens is 368 g/mol. The zero-order valence-corrected chi connectivity index (χ0v) is 15.9. The molecule has 27 heavy (non-hydrogen) atoms. The lowest BCUT2D eigenvalue weighted by molar-refractivity contribution is -0.307. The molecule has 8 heteroatoms. The standard InChI is InChI=1S/C19H20N2O5S/c1-11(12-6-7-14(15(8-12)25-2)26-10-18(22)23)20-21-19(24)17-9-13-4-3-5-16(13)27-17/h6-9H,3-5,10H2,1-2H3,(H,21,24)(H,22,23)/p-1/b20-11-. The third kappa shape index (κ3) is 4.46. The smallest absolute Gasteiger partial charge is 0.281 e. The second-order valence-corrected chi connectivity index (χ2v) is 7.21. The molecule has 0 saturated carbocycles. The number of thiophene rings is 1. The maximum atomic E-state index is 12.3. The minimum absolute atomic E-state index is 0.227. The van der Waals surface area contributed by atoms with Gasteiger partial charge in [0.05, 0.1) is 23.7 Å². The highest BCUT2D eigenvalue weighted by Crippen LogP contribution is 2.30. The van der Waals surface area contributed by atoms with E-state index in [1.165, 1.54) is 28.9 Å². The van der Waals surface area contributed by atoms with Gasteiger partial charge in [-0.25, -0.2) is 5.43 Å². The average Bonchev–Trinajstić information content (AvgIpc) is 3.26. The number of rotatable bonds is 7. The van der Waals surface area contributed by atoms with Crippen LogP contribution in [0, 0.1) is 0 Å². The first-order valence-corrected chi connectivity index (χ1v) is 9.27. The molecule has 7 nitrogen and oxygen atoms in total. The van der Waals surface area contributed by atoms with Crippen LogP contribution in [-0.2, 0) is 17.6 Å². The SMILES string of the molecule is COc1cc(/C(C)=N\NC(=O)c2cc3c(s2)CCC3)ccc1OCC(=O)[O-]. The summed E-state index contributed by atoms with van der Waals surface area (Å²) in [6.07, 6.45) is 3.24. The van der Waals surface area contributed by atoms with Crippen LogP contribution in [0.3, 0.4) is 0 Å².